The van der Waals surface area contributed by atoms with Crippen LogP contribution in [0.5, 0.6) is 0 Å². The number of carbonyl (C=O) groups excluding carboxylic acids is 1. The Morgan fingerprint density at radius 1 is 1.09 bits per heavy atom. The molecule has 2 heterocycles. The van der Waals surface area contributed by atoms with Crippen molar-refractivity contribution in [1.82, 2.24) is 20.9 Å². The minimum absolute atomic E-state index is 0.0577. The van der Waals surface area contributed by atoms with Gasteiger partial charge in [-0.25, -0.2) is 4.79 Å². The molecule has 3 N–H and O–H groups in total. The average Bonchev–Trinajstić information content (AvgIpc) is 2.96. The van der Waals surface area contributed by atoms with Gasteiger partial charge in [0.1, 0.15) is 0 Å². The first-order valence-corrected chi connectivity index (χ1v) is 9.63. The number of amides is 2. The van der Waals surface area contributed by atoms with Crippen LogP contribution in [0.2, 0.25) is 0 Å². The van der Waals surface area contributed by atoms with Crippen molar-refractivity contribution in [1.29, 1.82) is 0 Å². The fourth-order valence-corrected chi connectivity index (χ4v) is 4.44. The number of nitrogens with one attached hydrogen (secondary N) is 3. The zero-order valence-electron chi connectivity index (χ0n) is 14.7. The van der Waals surface area contributed by atoms with Gasteiger partial charge in [0.05, 0.1) is 0 Å². The van der Waals surface area contributed by atoms with Crippen LogP contribution in [0.15, 0.2) is 0 Å². The molecule has 1 aliphatic carbocycles. The summed E-state index contributed by atoms with van der Waals surface area (Å²) in [4.78, 5) is 14.7. The van der Waals surface area contributed by atoms with Crippen LogP contribution in [0.25, 0.3) is 0 Å². The van der Waals surface area contributed by atoms with E-state index in [0.717, 1.165) is 51.9 Å². The minimum atomic E-state index is 0.0577. The maximum atomic E-state index is 12.1. The first-order chi connectivity index (χ1) is 11.1. The third kappa shape index (κ3) is 5.08. The molecule has 23 heavy (non-hydrogen) atoms. The fourth-order valence-electron chi connectivity index (χ4n) is 4.44. The van der Waals surface area contributed by atoms with Gasteiger partial charge in [-0.1, -0.05) is 26.2 Å². The van der Waals surface area contributed by atoms with Crippen LogP contribution in [0.4, 0.5) is 4.79 Å². The Kier molecular flexibility index (Phi) is 5.81. The van der Waals surface area contributed by atoms with Crippen LogP contribution in [0.1, 0.15) is 58.3 Å². The Morgan fingerprint density at radius 2 is 1.74 bits per heavy atom. The largest absolute Gasteiger partial charge is 0.335 e. The van der Waals surface area contributed by atoms with Crippen LogP contribution in [-0.4, -0.2) is 55.7 Å². The molecule has 3 fully saturated rings. The molecule has 3 rings (SSSR count). The predicted octanol–water partition coefficient (Wildman–Crippen LogP) is 2.08. The average molecular weight is 322 g/mol. The third-order valence-corrected chi connectivity index (χ3v) is 5.93. The Labute approximate surface area is 140 Å². The number of urea groups is 1. The first kappa shape index (κ1) is 17.0. The van der Waals surface area contributed by atoms with Crippen molar-refractivity contribution in [3.63, 3.8) is 0 Å². The van der Waals surface area contributed by atoms with Crippen LogP contribution in [0, 0.1) is 5.41 Å². The quantitative estimate of drug-likeness (QED) is 0.743. The molecule has 2 saturated heterocycles. The fraction of sp³-hybridized carbons (Fsp3) is 0.944. The van der Waals surface area contributed by atoms with Crippen molar-refractivity contribution in [3.8, 4) is 0 Å². The lowest BCUT2D eigenvalue weighted by Crippen LogP contribution is -2.51. The first-order valence-electron chi connectivity index (χ1n) is 9.63. The van der Waals surface area contributed by atoms with Gasteiger partial charge in [-0.2, -0.15) is 0 Å². The van der Waals surface area contributed by atoms with Gasteiger partial charge in [0.25, 0.3) is 0 Å². The number of hydrogen-bond donors (Lipinski definition) is 3. The smallest absolute Gasteiger partial charge is 0.315 e. The zero-order chi connectivity index (χ0) is 16.1. The van der Waals surface area contributed by atoms with E-state index >= 15 is 0 Å². The van der Waals surface area contributed by atoms with Gasteiger partial charge >= 0.3 is 6.03 Å². The highest BCUT2D eigenvalue weighted by molar-refractivity contribution is 5.74. The zero-order valence-corrected chi connectivity index (χ0v) is 14.7. The number of rotatable bonds is 4. The number of likely N-dealkylation sites (tertiary alicyclic amines) is 1. The van der Waals surface area contributed by atoms with Crippen molar-refractivity contribution < 1.29 is 4.79 Å². The summed E-state index contributed by atoms with van der Waals surface area (Å²) in [6.07, 6.45) is 9.61. The summed E-state index contributed by atoms with van der Waals surface area (Å²) in [5.74, 6) is 0. The second kappa shape index (κ2) is 7.84. The molecule has 1 saturated carbocycles. The van der Waals surface area contributed by atoms with E-state index in [1.807, 2.05) is 0 Å². The van der Waals surface area contributed by atoms with Gasteiger partial charge in [0, 0.05) is 38.3 Å². The van der Waals surface area contributed by atoms with Gasteiger partial charge in [0.15, 0.2) is 0 Å². The maximum absolute atomic E-state index is 12.1. The third-order valence-electron chi connectivity index (χ3n) is 5.93. The van der Waals surface area contributed by atoms with Crippen molar-refractivity contribution in [2.45, 2.75) is 70.4 Å². The standard InChI is InChI=1S/C18H34N4O/c1-18(9-10-19-13-18)14-22-11-7-16(8-12-22)21-17(23)20-15-5-3-2-4-6-15/h15-16,19H,2-14H2,1H3,(H2,20,21,23). The minimum Gasteiger partial charge on any atom is -0.335 e. The van der Waals surface area contributed by atoms with Crippen LogP contribution < -0.4 is 16.0 Å². The molecular formula is C18H34N4O. The topological polar surface area (TPSA) is 56.4 Å². The lowest BCUT2D eigenvalue weighted by Gasteiger charge is -2.37. The lowest BCUT2D eigenvalue weighted by atomic mass is 9.88. The van der Waals surface area contributed by atoms with E-state index in [-0.39, 0.29) is 6.03 Å². The molecule has 2 aliphatic heterocycles. The van der Waals surface area contributed by atoms with Crippen LogP contribution >= 0.6 is 0 Å². The molecular weight excluding hydrogens is 288 g/mol. The monoisotopic (exact) mass is 322 g/mol. The Bertz CT molecular complexity index is 380. The molecule has 5 heteroatoms. The van der Waals surface area contributed by atoms with Crippen molar-refractivity contribution in [3.05, 3.63) is 0 Å². The molecule has 5 nitrogen and oxygen atoms in total. The molecule has 2 amide bonds. The van der Waals surface area contributed by atoms with Crippen LogP contribution in [-0.2, 0) is 0 Å². The molecule has 0 radical (unpaired) electrons. The van der Waals surface area contributed by atoms with Gasteiger partial charge in [-0.15, -0.1) is 0 Å². The lowest BCUT2D eigenvalue weighted by molar-refractivity contribution is 0.137. The summed E-state index contributed by atoms with van der Waals surface area (Å²) in [6, 6.07) is 0.810. The molecule has 0 bridgehead atoms. The normalized spacial score (nSPS) is 31.2. The number of piperidine rings is 1. The van der Waals surface area contributed by atoms with E-state index in [0.29, 0.717) is 17.5 Å². The number of nitrogens with zero attached hydrogens (tertiary/aromatic N) is 1. The summed E-state index contributed by atoms with van der Waals surface area (Å²) in [5, 5.41) is 9.86. The molecule has 0 aromatic heterocycles. The maximum Gasteiger partial charge on any atom is 0.315 e. The van der Waals surface area contributed by atoms with E-state index in [1.165, 1.54) is 32.2 Å². The van der Waals surface area contributed by atoms with Crippen molar-refractivity contribution in [2.75, 3.05) is 32.7 Å². The molecule has 0 spiro atoms. The van der Waals surface area contributed by atoms with E-state index in [4.69, 9.17) is 0 Å². The SMILES string of the molecule is CC1(CN2CCC(NC(=O)NC3CCCCC3)CC2)CCNC1. The second-order valence-electron chi connectivity index (χ2n) is 8.24. The van der Waals surface area contributed by atoms with E-state index in [1.54, 1.807) is 0 Å². The van der Waals surface area contributed by atoms with Gasteiger partial charge in [-0.3, -0.25) is 0 Å². The molecule has 1 unspecified atom stereocenters. The molecule has 3 aliphatic rings. The Morgan fingerprint density at radius 3 is 2.35 bits per heavy atom. The highest BCUT2D eigenvalue weighted by Crippen LogP contribution is 2.27. The van der Waals surface area contributed by atoms with E-state index in [9.17, 15) is 4.79 Å². The van der Waals surface area contributed by atoms with Crippen LogP contribution in [0.3, 0.4) is 0 Å². The predicted molar refractivity (Wildman–Crippen MR) is 93.6 cm³/mol. The Hall–Kier alpha value is -0.810. The highest BCUT2D eigenvalue weighted by atomic mass is 16.2. The highest BCUT2D eigenvalue weighted by Gasteiger charge is 2.32. The summed E-state index contributed by atoms with van der Waals surface area (Å²) >= 11 is 0. The second-order valence-corrected chi connectivity index (χ2v) is 8.24. The molecule has 0 aromatic carbocycles. The molecule has 132 valence electrons. The van der Waals surface area contributed by atoms with Gasteiger partial charge < -0.3 is 20.9 Å². The molecule has 0 aromatic rings. The summed E-state index contributed by atoms with van der Waals surface area (Å²) in [5.41, 5.74) is 0.443. The number of hydrogen-bond acceptors (Lipinski definition) is 3. The summed E-state index contributed by atoms with van der Waals surface area (Å²) in [7, 11) is 0. The summed E-state index contributed by atoms with van der Waals surface area (Å²) < 4.78 is 0. The van der Waals surface area contributed by atoms with Crippen molar-refractivity contribution in [2.24, 2.45) is 5.41 Å². The number of carbonyl (C=O) groups is 1. The Balaban J connectivity index is 1.34. The van der Waals surface area contributed by atoms with Gasteiger partial charge in [0.2, 0.25) is 0 Å². The van der Waals surface area contributed by atoms with Gasteiger partial charge in [-0.05, 0) is 44.1 Å². The van der Waals surface area contributed by atoms with E-state index in [2.05, 4.69) is 27.8 Å². The molecule has 1 atom stereocenters. The summed E-state index contributed by atoms with van der Waals surface area (Å²) in [6.45, 7) is 8.13. The van der Waals surface area contributed by atoms with E-state index < -0.39 is 0 Å². The van der Waals surface area contributed by atoms with Crippen molar-refractivity contribution >= 4 is 6.03 Å².